The Bertz CT molecular complexity index is 888. The highest BCUT2D eigenvalue weighted by Crippen LogP contribution is 2.31. The number of anilines is 2. The molecule has 1 saturated carbocycles. The Morgan fingerprint density at radius 2 is 1.62 bits per heavy atom. The number of halogens is 3. The minimum atomic E-state index is -4.50. The van der Waals surface area contributed by atoms with Gasteiger partial charge < -0.3 is 10.6 Å². The third kappa shape index (κ3) is 5.37. The monoisotopic (exact) mass is 404 g/mol. The van der Waals surface area contributed by atoms with Gasteiger partial charge in [-0.05, 0) is 61.9 Å². The summed E-state index contributed by atoms with van der Waals surface area (Å²) in [6, 6.07) is 10.9. The van der Waals surface area contributed by atoms with Crippen LogP contribution in [0.15, 0.2) is 48.5 Å². The molecule has 0 aromatic heterocycles. The minimum absolute atomic E-state index is 0.0345. The summed E-state index contributed by atoms with van der Waals surface area (Å²) < 4.78 is 38.6. The van der Waals surface area contributed by atoms with E-state index < -0.39 is 17.6 Å². The lowest BCUT2D eigenvalue weighted by atomic mass is 9.82. The van der Waals surface area contributed by atoms with E-state index in [0.717, 1.165) is 37.8 Å². The van der Waals surface area contributed by atoms with Crippen molar-refractivity contribution in [3.63, 3.8) is 0 Å². The van der Waals surface area contributed by atoms with E-state index in [-0.39, 0.29) is 23.1 Å². The number of amides is 2. The van der Waals surface area contributed by atoms with E-state index in [1.807, 2.05) is 0 Å². The first-order valence-electron chi connectivity index (χ1n) is 9.62. The van der Waals surface area contributed by atoms with E-state index in [1.165, 1.54) is 18.2 Å². The van der Waals surface area contributed by atoms with Crippen LogP contribution in [0, 0.1) is 11.8 Å². The molecule has 2 aromatic carbocycles. The maximum Gasteiger partial charge on any atom is 0.416 e. The van der Waals surface area contributed by atoms with Gasteiger partial charge in [0.2, 0.25) is 5.91 Å². The Balaban J connectivity index is 1.73. The number of alkyl halides is 3. The van der Waals surface area contributed by atoms with E-state index >= 15 is 0 Å². The first kappa shape index (κ1) is 20.9. The second-order valence-corrected chi connectivity index (χ2v) is 7.52. The first-order valence-corrected chi connectivity index (χ1v) is 9.62. The molecule has 0 saturated heterocycles. The van der Waals surface area contributed by atoms with Crippen LogP contribution < -0.4 is 10.6 Å². The zero-order chi connectivity index (χ0) is 21.0. The minimum Gasteiger partial charge on any atom is -0.325 e. The molecular formula is C22H23F3N2O2. The van der Waals surface area contributed by atoms with Crippen LogP contribution in [-0.4, -0.2) is 11.8 Å². The molecule has 0 spiro atoms. The fourth-order valence-corrected chi connectivity index (χ4v) is 3.52. The second kappa shape index (κ2) is 8.68. The molecule has 0 bridgehead atoms. The van der Waals surface area contributed by atoms with E-state index in [2.05, 4.69) is 17.6 Å². The summed E-state index contributed by atoms with van der Waals surface area (Å²) in [7, 11) is 0. The maximum absolute atomic E-state index is 12.9. The van der Waals surface area contributed by atoms with Gasteiger partial charge in [-0.25, -0.2) is 0 Å². The number of hydrogen-bond donors (Lipinski definition) is 2. The van der Waals surface area contributed by atoms with Gasteiger partial charge >= 0.3 is 6.18 Å². The van der Waals surface area contributed by atoms with Crippen LogP contribution in [-0.2, 0) is 11.0 Å². The van der Waals surface area contributed by atoms with Crippen LogP contribution in [0.25, 0.3) is 0 Å². The van der Waals surface area contributed by atoms with Crippen molar-refractivity contribution in [2.45, 2.75) is 38.8 Å². The topological polar surface area (TPSA) is 58.2 Å². The molecule has 2 N–H and O–H groups in total. The summed E-state index contributed by atoms with van der Waals surface area (Å²) in [5.74, 6) is -0.191. The van der Waals surface area contributed by atoms with Crippen molar-refractivity contribution < 1.29 is 22.8 Å². The quantitative estimate of drug-likeness (QED) is 0.684. The summed E-state index contributed by atoms with van der Waals surface area (Å²) >= 11 is 0. The number of carbonyl (C=O) groups is 2. The molecule has 1 aliphatic rings. The van der Waals surface area contributed by atoms with Crippen LogP contribution in [0.4, 0.5) is 24.5 Å². The largest absolute Gasteiger partial charge is 0.416 e. The van der Waals surface area contributed by atoms with Gasteiger partial charge in [0.25, 0.3) is 5.91 Å². The molecule has 1 fully saturated rings. The van der Waals surface area contributed by atoms with Gasteiger partial charge in [0.15, 0.2) is 0 Å². The normalized spacial score (nSPS) is 19.4. The molecule has 0 unspecified atom stereocenters. The molecule has 1 aliphatic carbocycles. The van der Waals surface area contributed by atoms with Gasteiger partial charge in [0, 0.05) is 11.6 Å². The van der Waals surface area contributed by atoms with Crippen molar-refractivity contribution in [2.24, 2.45) is 11.8 Å². The molecule has 4 nitrogen and oxygen atoms in total. The average molecular weight is 404 g/mol. The highest BCUT2D eigenvalue weighted by atomic mass is 19.4. The summed E-state index contributed by atoms with van der Waals surface area (Å²) in [4.78, 5) is 25.2. The molecule has 3 rings (SSSR count). The van der Waals surface area contributed by atoms with Gasteiger partial charge in [-0.1, -0.05) is 25.1 Å². The Hall–Kier alpha value is -2.83. The molecule has 2 amide bonds. The first-order chi connectivity index (χ1) is 13.7. The fraction of sp³-hybridized carbons (Fsp3) is 0.364. The standard InChI is InChI=1S/C22H23F3N2O2/c1-14-9-11-15(12-10-14)20(28)27-19-8-3-2-7-18(19)21(29)26-17-6-4-5-16(13-17)22(23,24)25/h2-8,13-15H,9-12H2,1H3,(H,26,29)(H,27,28). The number of nitrogens with one attached hydrogen (secondary N) is 2. The molecule has 0 heterocycles. The van der Waals surface area contributed by atoms with Gasteiger partial charge in [-0.3, -0.25) is 9.59 Å². The van der Waals surface area contributed by atoms with Gasteiger partial charge in [-0.15, -0.1) is 0 Å². The summed E-state index contributed by atoms with van der Waals surface area (Å²) in [5.41, 5.74) is -0.265. The highest BCUT2D eigenvalue weighted by molar-refractivity contribution is 6.10. The van der Waals surface area contributed by atoms with E-state index in [1.54, 1.807) is 18.2 Å². The lowest BCUT2D eigenvalue weighted by Gasteiger charge is -2.25. The van der Waals surface area contributed by atoms with Crippen LogP contribution in [0.3, 0.4) is 0 Å². The summed E-state index contributed by atoms with van der Waals surface area (Å²) in [6.07, 6.45) is -0.882. The van der Waals surface area contributed by atoms with Gasteiger partial charge in [0.05, 0.1) is 16.8 Å². The van der Waals surface area contributed by atoms with Crippen molar-refractivity contribution in [2.75, 3.05) is 10.6 Å². The molecule has 0 atom stereocenters. The predicted molar refractivity (Wildman–Crippen MR) is 106 cm³/mol. The van der Waals surface area contributed by atoms with E-state index in [4.69, 9.17) is 0 Å². The zero-order valence-corrected chi connectivity index (χ0v) is 16.1. The molecule has 0 aliphatic heterocycles. The Morgan fingerprint density at radius 1 is 0.931 bits per heavy atom. The number of rotatable bonds is 4. The molecule has 29 heavy (non-hydrogen) atoms. The van der Waals surface area contributed by atoms with Crippen molar-refractivity contribution in [1.82, 2.24) is 0 Å². The summed E-state index contributed by atoms with van der Waals surface area (Å²) in [6.45, 7) is 2.17. The number of carbonyl (C=O) groups excluding carboxylic acids is 2. The number of hydrogen-bond acceptors (Lipinski definition) is 2. The molecule has 2 aromatic rings. The molecule has 154 valence electrons. The fourth-order valence-electron chi connectivity index (χ4n) is 3.52. The maximum atomic E-state index is 12.9. The third-order valence-electron chi connectivity index (χ3n) is 5.26. The van der Waals surface area contributed by atoms with Crippen molar-refractivity contribution in [3.8, 4) is 0 Å². The zero-order valence-electron chi connectivity index (χ0n) is 16.1. The SMILES string of the molecule is CC1CCC(C(=O)Nc2ccccc2C(=O)Nc2cccc(C(F)(F)F)c2)CC1. The Kier molecular flexibility index (Phi) is 6.25. The van der Waals surface area contributed by atoms with E-state index in [0.29, 0.717) is 11.6 Å². The lowest BCUT2D eigenvalue weighted by molar-refractivity contribution is -0.137. The average Bonchev–Trinajstić information content (AvgIpc) is 2.68. The Morgan fingerprint density at radius 3 is 2.31 bits per heavy atom. The molecular weight excluding hydrogens is 381 g/mol. The highest BCUT2D eigenvalue weighted by Gasteiger charge is 2.30. The number of para-hydroxylation sites is 1. The van der Waals surface area contributed by atoms with Gasteiger partial charge in [-0.2, -0.15) is 13.2 Å². The molecule has 7 heteroatoms. The van der Waals surface area contributed by atoms with Crippen molar-refractivity contribution >= 4 is 23.2 Å². The van der Waals surface area contributed by atoms with Crippen LogP contribution in [0.2, 0.25) is 0 Å². The van der Waals surface area contributed by atoms with Gasteiger partial charge in [0.1, 0.15) is 0 Å². The van der Waals surface area contributed by atoms with Crippen molar-refractivity contribution in [1.29, 1.82) is 0 Å². The predicted octanol–water partition coefficient (Wildman–Crippen LogP) is 5.72. The molecule has 0 radical (unpaired) electrons. The summed E-state index contributed by atoms with van der Waals surface area (Å²) in [5, 5.41) is 5.30. The van der Waals surface area contributed by atoms with Crippen LogP contribution in [0.1, 0.15) is 48.5 Å². The third-order valence-corrected chi connectivity index (χ3v) is 5.26. The second-order valence-electron chi connectivity index (χ2n) is 7.52. The Labute approximate surface area is 167 Å². The van der Waals surface area contributed by atoms with E-state index in [9.17, 15) is 22.8 Å². The number of benzene rings is 2. The van der Waals surface area contributed by atoms with Crippen molar-refractivity contribution in [3.05, 3.63) is 59.7 Å². The smallest absolute Gasteiger partial charge is 0.325 e. The van der Waals surface area contributed by atoms with Crippen LogP contribution in [0.5, 0.6) is 0 Å². The lowest BCUT2D eigenvalue weighted by Crippen LogP contribution is -2.27. The van der Waals surface area contributed by atoms with Crippen LogP contribution >= 0.6 is 0 Å².